The molecule has 1 aliphatic heterocycles. The molecule has 33 heavy (non-hydrogen) atoms. The Morgan fingerprint density at radius 1 is 1.09 bits per heavy atom. The van der Waals surface area contributed by atoms with Gasteiger partial charge in [-0.3, -0.25) is 4.99 Å². The lowest BCUT2D eigenvalue weighted by atomic mass is 10.1. The molecule has 9 heteroatoms. The maximum absolute atomic E-state index is 14.7. The van der Waals surface area contributed by atoms with Gasteiger partial charge >= 0.3 is 0 Å². The number of anilines is 1. The summed E-state index contributed by atoms with van der Waals surface area (Å²) >= 11 is 0. The summed E-state index contributed by atoms with van der Waals surface area (Å²) in [6.45, 7) is 3.95. The minimum atomic E-state index is -0.206. The molecular formula is C24H34FIN4O3. The van der Waals surface area contributed by atoms with Gasteiger partial charge in [0.05, 0.1) is 33.1 Å². The summed E-state index contributed by atoms with van der Waals surface area (Å²) < 4.78 is 30.7. The quantitative estimate of drug-likeness (QED) is 0.297. The fourth-order valence-electron chi connectivity index (χ4n) is 3.73. The van der Waals surface area contributed by atoms with E-state index in [4.69, 9.17) is 14.2 Å². The normalized spacial score (nSPS) is 13.8. The Hall–Kier alpha value is -2.27. The van der Waals surface area contributed by atoms with Crippen LogP contribution in [0.1, 0.15) is 11.1 Å². The van der Waals surface area contributed by atoms with Crippen molar-refractivity contribution in [1.29, 1.82) is 0 Å². The molecule has 1 aliphatic rings. The van der Waals surface area contributed by atoms with Crippen LogP contribution in [0.5, 0.6) is 11.5 Å². The number of benzene rings is 2. The van der Waals surface area contributed by atoms with Gasteiger partial charge in [-0.1, -0.05) is 12.1 Å². The van der Waals surface area contributed by atoms with Gasteiger partial charge in [0, 0.05) is 40.3 Å². The van der Waals surface area contributed by atoms with Crippen molar-refractivity contribution in [2.75, 3.05) is 66.1 Å². The van der Waals surface area contributed by atoms with Crippen molar-refractivity contribution in [1.82, 2.24) is 10.2 Å². The van der Waals surface area contributed by atoms with E-state index in [9.17, 15) is 4.39 Å². The lowest BCUT2D eigenvalue weighted by Gasteiger charge is -2.29. The van der Waals surface area contributed by atoms with Crippen LogP contribution in [0.25, 0.3) is 0 Å². The molecule has 0 spiro atoms. The minimum absolute atomic E-state index is 0. The molecule has 7 nitrogen and oxygen atoms in total. The second-order valence-corrected chi connectivity index (χ2v) is 7.65. The zero-order chi connectivity index (χ0) is 22.9. The first kappa shape index (κ1) is 27.0. The van der Waals surface area contributed by atoms with E-state index in [1.807, 2.05) is 42.3 Å². The van der Waals surface area contributed by atoms with Crippen LogP contribution in [-0.2, 0) is 17.7 Å². The van der Waals surface area contributed by atoms with Crippen LogP contribution in [0, 0.1) is 5.82 Å². The van der Waals surface area contributed by atoms with Crippen molar-refractivity contribution in [3.05, 3.63) is 53.3 Å². The van der Waals surface area contributed by atoms with Crippen LogP contribution in [0.3, 0.4) is 0 Å². The Kier molecular flexibility index (Phi) is 11.0. The molecule has 3 rings (SSSR count). The number of guanidine groups is 1. The van der Waals surface area contributed by atoms with E-state index in [2.05, 4.69) is 15.2 Å². The molecule has 0 atom stereocenters. The topological polar surface area (TPSA) is 58.6 Å². The summed E-state index contributed by atoms with van der Waals surface area (Å²) in [4.78, 5) is 8.44. The van der Waals surface area contributed by atoms with Crippen LogP contribution in [-0.4, -0.2) is 72.0 Å². The summed E-state index contributed by atoms with van der Waals surface area (Å²) in [6.07, 6.45) is 0.820. The SMILES string of the molecule is CN=C(NCc1ccc(N2CCOCC2)c(F)c1)N(C)CCc1ccc(OC)c(OC)c1.I. The predicted molar refractivity (Wildman–Crippen MR) is 141 cm³/mol. The van der Waals surface area contributed by atoms with Gasteiger partial charge in [0.1, 0.15) is 5.82 Å². The summed E-state index contributed by atoms with van der Waals surface area (Å²) in [7, 11) is 6.99. The molecule has 0 saturated carbocycles. The van der Waals surface area contributed by atoms with Crippen molar-refractivity contribution in [3.63, 3.8) is 0 Å². The van der Waals surface area contributed by atoms with Crippen LogP contribution in [0.2, 0.25) is 0 Å². The molecule has 0 aromatic heterocycles. The number of nitrogens with one attached hydrogen (secondary N) is 1. The third-order valence-corrected chi connectivity index (χ3v) is 5.57. The third-order valence-electron chi connectivity index (χ3n) is 5.57. The molecule has 0 bridgehead atoms. The predicted octanol–water partition coefficient (Wildman–Crippen LogP) is 3.55. The zero-order valence-electron chi connectivity index (χ0n) is 19.8. The fourth-order valence-corrected chi connectivity index (χ4v) is 3.73. The van der Waals surface area contributed by atoms with Crippen LogP contribution >= 0.6 is 24.0 Å². The summed E-state index contributed by atoms with van der Waals surface area (Å²) in [5.74, 6) is 1.98. The first-order valence-electron chi connectivity index (χ1n) is 10.8. The first-order valence-corrected chi connectivity index (χ1v) is 10.8. The summed E-state index contributed by atoms with van der Waals surface area (Å²) in [5, 5.41) is 3.32. The molecule has 0 aliphatic carbocycles. The molecular weight excluding hydrogens is 538 g/mol. The largest absolute Gasteiger partial charge is 0.493 e. The van der Waals surface area contributed by atoms with Gasteiger partial charge in [0.25, 0.3) is 0 Å². The van der Waals surface area contributed by atoms with Gasteiger partial charge in [-0.05, 0) is 41.8 Å². The number of rotatable bonds is 8. The van der Waals surface area contributed by atoms with Crippen molar-refractivity contribution in [2.45, 2.75) is 13.0 Å². The van der Waals surface area contributed by atoms with Gasteiger partial charge in [-0.25, -0.2) is 4.39 Å². The van der Waals surface area contributed by atoms with Gasteiger partial charge in [-0.15, -0.1) is 24.0 Å². The lowest BCUT2D eigenvalue weighted by molar-refractivity contribution is 0.122. The Balaban J connectivity index is 0.00000385. The number of aliphatic imine (C=N–C) groups is 1. The van der Waals surface area contributed by atoms with Gasteiger partial charge in [0.15, 0.2) is 17.5 Å². The van der Waals surface area contributed by atoms with E-state index < -0.39 is 0 Å². The molecule has 1 fully saturated rings. The summed E-state index contributed by atoms with van der Waals surface area (Å²) in [6, 6.07) is 11.3. The molecule has 1 N–H and O–H groups in total. The standard InChI is InChI=1S/C24H33FN4O3.HI/c1-26-24(28(2)10-9-18-6-8-22(30-3)23(16-18)31-4)27-17-19-5-7-21(20(25)15-19)29-11-13-32-14-12-29;/h5-8,15-16H,9-14,17H2,1-4H3,(H,26,27);1H. The molecule has 0 amide bonds. The maximum Gasteiger partial charge on any atom is 0.193 e. The average Bonchev–Trinajstić information content (AvgIpc) is 2.83. The molecule has 2 aromatic carbocycles. The Morgan fingerprint density at radius 3 is 2.42 bits per heavy atom. The molecule has 182 valence electrons. The smallest absolute Gasteiger partial charge is 0.193 e. The molecule has 0 radical (unpaired) electrons. The third kappa shape index (κ3) is 7.36. The molecule has 0 unspecified atom stereocenters. The van der Waals surface area contributed by atoms with E-state index >= 15 is 0 Å². The van der Waals surface area contributed by atoms with Crippen LogP contribution < -0.4 is 19.7 Å². The van der Waals surface area contributed by atoms with Crippen LogP contribution in [0.4, 0.5) is 10.1 Å². The number of halogens is 2. The zero-order valence-corrected chi connectivity index (χ0v) is 22.1. The van der Waals surface area contributed by atoms with Gasteiger partial charge in [-0.2, -0.15) is 0 Å². The van der Waals surface area contributed by atoms with E-state index in [-0.39, 0.29) is 29.8 Å². The number of morpholine rings is 1. The lowest BCUT2D eigenvalue weighted by Crippen LogP contribution is -2.39. The van der Waals surface area contributed by atoms with Gasteiger partial charge < -0.3 is 29.3 Å². The highest BCUT2D eigenvalue weighted by molar-refractivity contribution is 14.0. The summed E-state index contributed by atoms with van der Waals surface area (Å²) in [5.41, 5.74) is 2.65. The van der Waals surface area contributed by atoms with Gasteiger partial charge in [0.2, 0.25) is 0 Å². The first-order chi connectivity index (χ1) is 15.5. The Labute approximate surface area is 212 Å². The number of hydrogen-bond acceptors (Lipinski definition) is 5. The molecule has 1 heterocycles. The molecule has 1 saturated heterocycles. The second kappa shape index (κ2) is 13.4. The molecule has 2 aromatic rings. The van der Waals surface area contributed by atoms with E-state index in [0.717, 1.165) is 35.8 Å². The second-order valence-electron chi connectivity index (χ2n) is 7.65. The average molecular weight is 572 g/mol. The number of likely N-dealkylation sites (N-methyl/N-ethyl adjacent to an activating group) is 1. The van der Waals surface area contributed by atoms with Crippen LogP contribution in [0.15, 0.2) is 41.4 Å². The Bertz CT molecular complexity index is 923. The number of hydrogen-bond donors (Lipinski definition) is 1. The van der Waals surface area contributed by atoms with Crippen molar-refractivity contribution in [3.8, 4) is 11.5 Å². The van der Waals surface area contributed by atoms with Crippen molar-refractivity contribution < 1.29 is 18.6 Å². The number of ether oxygens (including phenoxy) is 3. The van der Waals surface area contributed by atoms with E-state index in [1.165, 1.54) is 0 Å². The number of nitrogens with zero attached hydrogens (tertiary/aromatic N) is 3. The minimum Gasteiger partial charge on any atom is -0.493 e. The maximum atomic E-state index is 14.7. The highest BCUT2D eigenvalue weighted by Crippen LogP contribution is 2.27. The van der Waals surface area contributed by atoms with Crippen molar-refractivity contribution in [2.24, 2.45) is 4.99 Å². The monoisotopic (exact) mass is 572 g/mol. The Morgan fingerprint density at radius 2 is 1.79 bits per heavy atom. The van der Waals surface area contributed by atoms with E-state index in [0.29, 0.717) is 44.3 Å². The highest BCUT2D eigenvalue weighted by Gasteiger charge is 2.15. The van der Waals surface area contributed by atoms with E-state index in [1.54, 1.807) is 27.3 Å². The number of methoxy groups -OCH3 is 2. The fraction of sp³-hybridized carbons (Fsp3) is 0.458. The highest BCUT2D eigenvalue weighted by atomic mass is 127. The van der Waals surface area contributed by atoms with Crippen molar-refractivity contribution >= 4 is 35.6 Å².